The summed E-state index contributed by atoms with van der Waals surface area (Å²) in [6.45, 7) is 8.51. The topological polar surface area (TPSA) is 74.8 Å². The summed E-state index contributed by atoms with van der Waals surface area (Å²) in [4.78, 5) is 0.462. The van der Waals surface area contributed by atoms with Gasteiger partial charge >= 0.3 is 0 Å². The Balaban J connectivity index is 2.00. The monoisotopic (exact) mass is 422 g/mol. The zero-order valence-corrected chi connectivity index (χ0v) is 18.3. The fraction of sp³-hybridized carbons (Fsp3) is 0.400. The quantitative estimate of drug-likeness (QED) is 0.717. The third-order valence-electron chi connectivity index (χ3n) is 5.31. The minimum atomic E-state index is -3.69. The van der Waals surface area contributed by atoms with Crippen LogP contribution in [-0.2, 0) is 26.5 Å². The maximum Gasteiger partial charge on any atom is 0.264 e. The molecule has 0 saturated carbocycles. The summed E-state index contributed by atoms with van der Waals surface area (Å²) in [6, 6.07) is 9.83. The molecule has 0 unspecified atom stereocenters. The third kappa shape index (κ3) is 3.44. The Kier molecular flexibility index (Phi) is 5.58. The van der Waals surface area contributed by atoms with Gasteiger partial charge in [-0.15, -0.1) is 0 Å². The average Bonchev–Trinajstić information content (AvgIpc) is 3.08. The Morgan fingerprint density at radius 2 is 1.54 bits per heavy atom. The second-order valence-corrected chi connectivity index (χ2v) is 10.8. The molecule has 8 heteroatoms. The third-order valence-corrected chi connectivity index (χ3v) is 9.17. The molecule has 0 N–H and O–H groups in total. The molecule has 2 aromatic carbocycles. The summed E-state index contributed by atoms with van der Waals surface area (Å²) < 4.78 is 54.6. The van der Waals surface area contributed by atoms with E-state index in [0.29, 0.717) is 31.7 Å². The molecule has 0 spiro atoms. The molecule has 0 atom stereocenters. The second-order valence-electron chi connectivity index (χ2n) is 6.95. The highest BCUT2D eigenvalue weighted by Gasteiger charge is 2.32. The summed E-state index contributed by atoms with van der Waals surface area (Å²) >= 11 is 0. The van der Waals surface area contributed by atoms with E-state index in [1.807, 2.05) is 13.8 Å². The van der Waals surface area contributed by atoms with E-state index in [-0.39, 0.29) is 9.79 Å². The number of anilines is 1. The number of aryl methyl sites for hydroxylation is 2. The number of sulfonamides is 2. The van der Waals surface area contributed by atoms with Crippen LogP contribution < -0.4 is 4.31 Å². The zero-order chi connectivity index (χ0) is 20.7. The molecule has 152 valence electrons. The van der Waals surface area contributed by atoms with Gasteiger partial charge < -0.3 is 0 Å². The molecule has 1 aliphatic heterocycles. The first-order valence-electron chi connectivity index (χ1n) is 9.36. The minimum absolute atomic E-state index is 0.209. The summed E-state index contributed by atoms with van der Waals surface area (Å²) in [7, 11) is -7.26. The molecular formula is C20H26N2O4S2. The van der Waals surface area contributed by atoms with Gasteiger partial charge in [0.05, 0.1) is 15.5 Å². The standard InChI is InChI=1S/C20H26N2O4S2/c1-5-21(6-2)27(23,24)19-9-10-20-17(14-19)11-12-22(20)28(25,26)18-8-7-15(3)16(4)13-18/h7-10,13-14H,5-6,11-12H2,1-4H3. The molecule has 3 rings (SSSR count). The molecule has 0 radical (unpaired) electrons. The molecule has 0 amide bonds. The van der Waals surface area contributed by atoms with Crippen LogP contribution in [0.15, 0.2) is 46.2 Å². The van der Waals surface area contributed by atoms with Gasteiger partial charge in [-0.3, -0.25) is 4.31 Å². The predicted molar refractivity (Wildman–Crippen MR) is 111 cm³/mol. The Labute approximate surface area is 167 Å². The van der Waals surface area contributed by atoms with E-state index in [4.69, 9.17) is 0 Å². The van der Waals surface area contributed by atoms with Crippen LogP contribution in [0.3, 0.4) is 0 Å². The number of hydrogen-bond donors (Lipinski definition) is 0. The maximum atomic E-state index is 13.1. The molecule has 0 aromatic heterocycles. The number of rotatable bonds is 6. The van der Waals surface area contributed by atoms with E-state index >= 15 is 0 Å². The molecule has 0 bridgehead atoms. The number of fused-ring (bicyclic) bond motifs is 1. The van der Waals surface area contributed by atoms with Crippen molar-refractivity contribution in [3.05, 3.63) is 53.1 Å². The lowest BCUT2D eigenvalue weighted by Crippen LogP contribution is -2.31. The number of nitrogens with zero attached hydrogens (tertiary/aromatic N) is 2. The van der Waals surface area contributed by atoms with E-state index < -0.39 is 20.0 Å². The van der Waals surface area contributed by atoms with Crippen LogP contribution >= 0.6 is 0 Å². The van der Waals surface area contributed by atoms with Crippen LogP contribution in [0.2, 0.25) is 0 Å². The normalized spacial score (nSPS) is 14.5. The van der Waals surface area contributed by atoms with E-state index in [2.05, 4.69) is 0 Å². The highest BCUT2D eigenvalue weighted by molar-refractivity contribution is 7.92. The first-order valence-corrected chi connectivity index (χ1v) is 12.2. The van der Waals surface area contributed by atoms with Gasteiger partial charge in [-0.1, -0.05) is 19.9 Å². The largest absolute Gasteiger partial charge is 0.266 e. The van der Waals surface area contributed by atoms with E-state index in [9.17, 15) is 16.8 Å². The van der Waals surface area contributed by atoms with Crippen molar-refractivity contribution in [3.8, 4) is 0 Å². The minimum Gasteiger partial charge on any atom is -0.266 e. The molecule has 0 fully saturated rings. The van der Waals surface area contributed by atoms with Gasteiger partial charge in [0.25, 0.3) is 10.0 Å². The SMILES string of the molecule is CCN(CC)S(=O)(=O)c1ccc2c(c1)CCN2S(=O)(=O)c1ccc(C)c(C)c1. The predicted octanol–water partition coefficient (Wildman–Crippen LogP) is 3.09. The van der Waals surface area contributed by atoms with Gasteiger partial charge in [-0.05, 0) is 67.3 Å². The van der Waals surface area contributed by atoms with Crippen molar-refractivity contribution in [3.63, 3.8) is 0 Å². The first kappa shape index (κ1) is 20.8. The van der Waals surface area contributed by atoms with Gasteiger partial charge in [-0.25, -0.2) is 16.8 Å². The Hall–Kier alpha value is -1.90. The lowest BCUT2D eigenvalue weighted by molar-refractivity contribution is 0.445. The Bertz CT molecular complexity index is 1110. The number of benzene rings is 2. The van der Waals surface area contributed by atoms with Crippen LogP contribution in [0, 0.1) is 13.8 Å². The smallest absolute Gasteiger partial charge is 0.264 e. The maximum absolute atomic E-state index is 13.1. The molecule has 1 aliphatic rings. The van der Waals surface area contributed by atoms with Crippen molar-refractivity contribution in [2.24, 2.45) is 0 Å². The molecule has 0 saturated heterocycles. The van der Waals surface area contributed by atoms with E-state index in [0.717, 1.165) is 16.7 Å². The van der Waals surface area contributed by atoms with Gasteiger partial charge in [0.15, 0.2) is 0 Å². The van der Waals surface area contributed by atoms with Crippen molar-refractivity contribution in [2.45, 2.75) is 43.9 Å². The van der Waals surface area contributed by atoms with Crippen molar-refractivity contribution in [2.75, 3.05) is 23.9 Å². The Morgan fingerprint density at radius 1 is 0.893 bits per heavy atom. The van der Waals surface area contributed by atoms with Crippen molar-refractivity contribution >= 4 is 25.7 Å². The molecule has 2 aromatic rings. The van der Waals surface area contributed by atoms with Crippen molar-refractivity contribution < 1.29 is 16.8 Å². The summed E-state index contributed by atoms with van der Waals surface area (Å²) in [6.07, 6.45) is 0.487. The lowest BCUT2D eigenvalue weighted by atomic mass is 10.1. The van der Waals surface area contributed by atoms with Crippen LogP contribution in [0.5, 0.6) is 0 Å². The van der Waals surface area contributed by atoms with Crippen LogP contribution in [0.25, 0.3) is 0 Å². The van der Waals surface area contributed by atoms with Crippen molar-refractivity contribution in [1.82, 2.24) is 4.31 Å². The summed E-state index contributed by atoms with van der Waals surface area (Å²) in [5.41, 5.74) is 3.24. The van der Waals surface area contributed by atoms with Gasteiger partial charge in [0.1, 0.15) is 0 Å². The molecule has 1 heterocycles. The molecular weight excluding hydrogens is 396 g/mol. The Morgan fingerprint density at radius 3 is 2.14 bits per heavy atom. The summed E-state index contributed by atoms with van der Waals surface area (Å²) in [5.74, 6) is 0. The highest BCUT2D eigenvalue weighted by Crippen LogP contribution is 2.35. The van der Waals surface area contributed by atoms with Gasteiger partial charge in [-0.2, -0.15) is 4.31 Å². The molecule has 0 aliphatic carbocycles. The molecule has 28 heavy (non-hydrogen) atoms. The number of hydrogen-bond acceptors (Lipinski definition) is 4. The van der Waals surface area contributed by atoms with Crippen LogP contribution in [0.1, 0.15) is 30.5 Å². The molecule has 6 nitrogen and oxygen atoms in total. The van der Waals surface area contributed by atoms with Gasteiger partial charge in [0, 0.05) is 19.6 Å². The van der Waals surface area contributed by atoms with E-state index in [1.165, 1.54) is 14.7 Å². The zero-order valence-electron chi connectivity index (χ0n) is 16.6. The van der Waals surface area contributed by atoms with Crippen molar-refractivity contribution in [1.29, 1.82) is 0 Å². The van der Waals surface area contributed by atoms with Gasteiger partial charge in [0.2, 0.25) is 10.0 Å². The highest BCUT2D eigenvalue weighted by atomic mass is 32.2. The second kappa shape index (κ2) is 7.50. The van der Waals surface area contributed by atoms with Crippen LogP contribution in [0.4, 0.5) is 5.69 Å². The first-order chi connectivity index (χ1) is 13.1. The average molecular weight is 423 g/mol. The van der Waals surface area contributed by atoms with E-state index in [1.54, 1.807) is 44.2 Å². The summed E-state index contributed by atoms with van der Waals surface area (Å²) in [5, 5.41) is 0. The fourth-order valence-corrected chi connectivity index (χ4v) is 6.57. The fourth-order valence-electron chi connectivity index (χ4n) is 3.47. The van der Waals surface area contributed by atoms with Crippen LogP contribution in [-0.4, -0.2) is 40.8 Å². The lowest BCUT2D eigenvalue weighted by Gasteiger charge is -2.21.